The highest BCUT2D eigenvalue weighted by Gasteiger charge is 2.44. The summed E-state index contributed by atoms with van der Waals surface area (Å²) in [6.07, 6.45) is 6.48. The third-order valence-electron chi connectivity index (χ3n) is 3.86. The molecule has 0 heterocycles. The molecule has 4 nitrogen and oxygen atoms in total. The van der Waals surface area contributed by atoms with Gasteiger partial charge in [-0.3, -0.25) is 0 Å². The van der Waals surface area contributed by atoms with Gasteiger partial charge >= 0.3 is 6.09 Å². The Kier molecular flexibility index (Phi) is 2.87. The van der Waals surface area contributed by atoms with Gasteiger partial charge in [0, 0.05) is 13.1 Å². The highest BCUT2D eigenvalue weighted by Crippen LogP contribution is 2.51. The zero-order valence-corrected chi connectivity index (χ0v) is 9.29. The lowest BCUT2D eigenvalue weighted by molar-refractivity contribution is -0.00712. The molecule has 15 heavy (non-hydrogen) atoms. The molecular weight excluding hydrogens is 192 g/mol. The molecule has 1 spiro atoms. The van der Waals surface area contributed by atoms with Gasteiger partial charge in [-0.1, -0.05) is 0 Å². The lowest BCUT2D eigenvalue weighted by atomic mass is 9.58. The third kappa shape index (κ3) is 2.25. The van der Waals surface area contributed by atoms with Gasteiger partial charge in [-0.15, -0.1) is 0 Å². The van der Waals surface area contributed by atoms with Gasteiger partial charge in [0.15, 0.2) is 0 Å². The van der Waals surface area contributed by atoms with Crippen LogP contribution in [0.2, 0.25) is 0 Å². The molecule has 0 saturated heterocycles. The van der Waals surface area contributed by atoms with Crippen molar-refractivity contribution < 1.29 is 9.53 Å². The van der Waals surface area contributed by atoms with E-state index in [0.29, 0.717) is 11.5 Å². The highest BCUT2D eigenvalue weighted by atomic mass is 16.6. The van der Waals surface area contributed by atoms with E-state index < -0.39 is 0 Å². The quantitative estimate of drug-likeness (QED) is 0.690. The lowest BCUT2D eigenvalue weighted by Gasteiger charge is -2.50. The first-order chi connectivity index (χ1) is 7.13. The Morgan fingerprint density at radius 3 is 2.47 bits per heavy atom. The number of nitrogens with one attached hydrogen (secondary N) is 1. The van der Waals surface area contributed by atoms with Crippen LogP contribution >= 0.6 is 0 Å². The van der Waals surface area contributed by atoms with E-state index in [2.05, 4.69) is 5.32 Å². The van der Waals surface area contributed by atoms with Crippen molar-refractivity contribution >= 4 is 6.09 Å². The van der Waals surface area contributed by atoms with Crippen molar-refractivity contribution in [2.24, 2.45) is 11.1 Å². The van der Waals surface area contributed by atoms with Crippen LogP contribution in [0.5, 0.6) is 0 Å². The van der Waals surface area contributed by atoms with E-state index in [9.17, 15) is 4.79 Å². The molecule has 0 aromatic heterocycles. The van der Waals surface area contributed by atoms with Crippen LogP contribution < -0.4 is 11.1 Å². The number of ether oxygens (including phenoxy) is 1. The van der Waals surface area contributed by atoms with E-state index in [1.807, 2.05) is 0 Å². The maximum Gasteiger partial charge on any atom is 0.407 e. The molecule has 0 radical (unpaired) electrons. The van der Waals surface area contributed by atoms with Crippen molar-refractivity contribution in [1.82, 2.24) is 5.32 Å². The standard InChI is InChI=1S/C11H20N2O2/c1-13-10(14)15-9-2-4-11(5-3-9)6-8(12)7-11/h8-9H,2-7,12H2,1H3,(H,13,14). The summed E-state index contributed by atoms with van der Waals surface area (Å²) in [5.74, 6) is 0. The van der Waals surface area contributed by atoms with Gasteiger partial charge in [0.1, 0.15) is 6.10 Å². The van der Waals surface area contributed by atoms with E-state index in [4.69, 9.17) is 10.5 Å². The Balaban J connectivity index is 1.75. The van der Waals surface area contributed by atoms with Gasteiger partial charge in [-0.25, -0.2) is 4.79 Å². The number of carbonyl (C=O) groups excluding carboxylic acids is 1. The smallest absolute Gasteiger partial charge is 0.407 e. The van der Waals surface area contributed by atoms with Crippen molar-refractivity contribution in [2.45, 2.75) is 50.7 Å². The van der Waals surface area contributed by atoms with Crippen molar-refractivity contribution in [2.75, 3.05) is 7.05 Å². The summed E-state index contributed by atoms with van der Waals surface area (Å²) >= 11 is 0. The summed E-state index contributed by atoms with van der Waals surface area (Å²) in [7, 11) is 1.59. The molecule has 0 aromatic carbocycles. The first kappa shape index (κ1) is 10.7. The summed E-state index contributed by atoms with van der Waals surface area (Å²) in [6.45, 7) is 0. The van der Waals surface area contributed by atoms with Crippen LogP contribution in [0.25, 0.3) is 0 Å². The molecule has 0 aliphatic heterocycles. The van der Waals surface area contributed by atoms with E-state index in [0.717, 1.165) is 12.8 Å². The lowest BCUT2D eigenvalue weighted by Crippen LogP contribution is -2.48. The van der Waals surface area contributed by atoms with Gasteiger partial charge in [-0.2, -0.15) is 0 Å². The summed E-state index contributed by atoms with van der Waals surface area (Å²) in [5.41, 5.74) is 6.33. The summed E-state index contributed by atoms with van der Waals surface area (Å²) in [4.78, 5) is 11.0. The second-order valence-electron chi connectivity index (χ2n) is 5.02. The Morgan fingerprint density at radius 2 is 2.00 bits per heavy atom. The predicted molar refractivity (Wildman–Crippen MR) is 57.4 cm³/mol. The largest absolute Gasteiger partial charge is 0.446 e. The molecule has 0 bridgehead atoms. The molecule has 3 N–H and O–H groups in total. The topological polar surface area (TPSA) is 64.3 Å². The van der Waals surface area contributed by atoms with Crippen LogP contribution in [-0.2, 0) is 4.74 Å². The number of nitrogens with two attached hydrogens (primary N) is 1. The number of carbonyl (C=O) groups is 1. The second-order valence-corrected chi connectivity index (χ2v) is 5.02. The van der Waals surface area contributed by atoms with Crippen molar-refractivity contribution in [1.29, 1.82) is 0 Å². The van der Waals surface area contributed by atoms with Crippen molar-refractivity contribution in [3.8, 4) is 0 Å². The van der Waals surface area contributed by atoms with Crippen molar-refractivity contribution in [3.63, 3.8) is 0 Å². The number of alkyl carbamates (subject to hydrolysis) is 1. The molecule has 86 valence electrons. The molecule has 0 aromatic rings. The minimum atomic E-state index is -0.304. The zero-order chi connectivity index (χ0) is 10.9. The Bertz CT molecular complexity index is 239. The Labute approximate surface area is 90.5 Å². The maximum absolute atomic E-state index is 11.0. The fraction of sp³-hybridized carbons (Fsp3) is 0.909. The zero-order valence-electron chi connectivity index (χ0n) is 9.29. The highest BCUT2D eigenvalue weighted by molar-refractivity contribution is 5.66. The predicted octanol–water partition coefficient (Wildman–Crippen LogP) is 1.39. The van der Waals surface area contributed by atoms with Gasteiger partial charge in [-0.05, 0) is 43.9 Å². The maximum atomic E-state index is 11.0. The summed E-state index contributed by atoms with van der Waals surface area (Å²) < 4.78 is 5.25. The monoisotopic (exact) mass is 212 g/mol. The van der Waals surface area contributed by atoms with E-state index in [-0.39, 0.29) is 12.2 Å². The Morgan fingerprint density at radius 1 is 1.40 bits per heavy atom. The first-order valence-corrected chi connectivity index (χ1v) is 5.77. The minimum Gasteiger partial charge on any atom is -0.446 e. The van der Waals surface area contributed by atoms with Crippen LogP contribution in [0, 0.1) is 5.41 Å². The van der Waals surface area contributed by atoms with E-state index >= 15 is 0 Å². The van der Waals surface area contributed by atoms with Crippen LogP contribution in [0.4, 0.5) is 4.79 Å². The molecule has 4 heteroatoms. The van der Waals surface area contributed by atoms with Crippen LogP contribution in [0.3, 0.4) is 0 Å². The average Bonchev–Trinajstić information content (AvgIpc) is 2.19. The SMILES string of the molecule is CNC(=O)OC1CCC2(CC1)CC(N)C2. The number of rotatable bonds is 1. The molecule has 2 saturated carbocycles. The second kappa shape index (κ2) is 4.00. The fourth-order valence-corrected chi connectivity index (χ4v) is 2.99. The molecule has 2 fully saturated rings. The van der Waals surface area contributed by atoms with E-state index in [1.165, 1.54) is 25.7 Å². The third-order valence-corrected chi connectivity index (χ3v) is 3.86. The van der Waals surface area contributed by atoms with Crippen LogP contribution in [0.1, 0.15) is 38.5 Å². The minimum absolute atomic E-state index is 0.118. The van der Waals surface area contributed by atoms with Crippen molar-refractivity contribution in [3.05, 3.63) is 0 Å². The molecule has 0 unspecified atom stereocenters. The number of hydrogen-bond acceptors (Lipinski definition) is 3. The van der Waals surface area contributed by atoms with Crippen LogP contribution in [-0.4, -0.2) is 25.3 Å². The van der Waals surface area contributed by atoms with Gasteiger partial charge < -0.3 is 15.8 Å². The number of hydrogen-bond donors (Lipinski definition) is 2. The molecule has 1 amide bonds. The van der Waals surface area contributed by atoms with Crippen LogP contribution in [0.15, 0.2) is 0 Å². The molecule has 2 aliphatic rings. The van der Waals surface area contributed by atoms with E-state index in [1.54, 1.807) is 7.05 Å². The number of amides is 1. The molecule has 2 aliphatic carbocycles. The van der Waals surface area contributed by atoms with Gasteiger partial charge in [0.2, 0.25) is 0 Å². The first-order valence-electron chi connectivity index (χ1n) is 5.77. The van der Waals surface area contributed by atoms with Gasteiger partial charge in [0.25, 0.3) is 0 Å². The normalized spacial score (nSPS) is 39.6. The average molecular weight is 212 g/mol. The fourth-order valence-electron chi connectivity index (χ4n) is 2.99. The Hall–Kier alpha value is -0.770. The molecule has 2 rings (SSSR count). The summed E-state index contributed by atoms with van der Waals surface area (Å²) in [5, 5.41) is 2.49. The molecular formula is C11H20N2O2. The molecule has 0 atom stereocenters. The summed E-state index contributed by atoms with van der Waals surface area (Å²) in [6, 6.07) is 0.418. The van der Waals surface area contributed by atoms with Gasteiger partial charge in [0.05, 0.1) is 0 Å².